The van der Waals surface area contributed by atoms with E-state index >= 15 is 0 Å². The number of nitrogens with zero attached hydrogens (tertiary/aromatic N) is 1. The Balaban J connectivity index is 2.62. The SMILES string of the molecule is CCCOC(=O)C(N)CNS(=O)(=O)c1ccnc(Br)c1. The predicted octanol–water partition coefficient (Wildman–Crippen LogP) is 0.403. The lowest BCUT2D eigenvalue weighted by atomic mass is 10.3. The molecule has 0 saturated heterocycles. The number of nitrogens with one attached hydrogen (secondary N) is 1. The first kappa shape index (κ1) is 17.0. The minimum absolute atomic E-state index is 0.0356. The van der Waals surface area contributed by atoms with E-state index in [9.17, 15) is 13.2 Å². The summed E-state index contributed by atoms with van der Waals surface area (Å²) < 4.78 is 31.4. The van der Waals surface area contributed by atoms with Gasteiger partial charge in [0.15, 0.2) is 0 Å². The zero-order valence-corrected chi connectivity index (χ0v) is 13.3. The summed E-state index contributed by atoms with van der Waals surface area (Å²) >= 11 is 3.08. The largest absolute Gasteiger partial charge is 0.465 e. The van der Waals surface area contributed by atoms with Crippen LogP contribution in [0.3, 0.4) is 0 Å². The number of esters is 1. The van der Waals surface area contributed by atoms with E-state index < -0.39 is 22.0 Å². The van der Waals surface area contributed by atoms with Crippen LogP contribution >= 0.6 is 15.9 Å². The van der Waals surface area contributed by atoms with Gasteiger partial charge in [0.25, 0.3) is 0 Å². The highest BCUT2D eigenvalue weighted by Crippen LogP contribution is 2.12. The van der Waals surface area contributed by atoms with Gasteiger partial charge in [0, 0.05) is 12.7 Å². The highest BCUT2D eigenvalue weighted by molar-refractivity contribution is 9.10. The zero-order chi connectivity index (χ0) is 15.2. The molecule has 0 saturated carbocycles. The summed E-state index contributed by atoms with van der Waals surface area (Å²) in [6.45, 7) is 1.88. The Morgan fingerprint density at radius 3 is 2.90 bits per heavy atom. The third-order valence-corrected chi connectivity index (χ3v) is 4.11. The number of rotatable bonds is 7. The Morgan fingerprint density at radius 2 is 2.30 bits per heavy atom. The van der Waals surface area contributed by atoms with Crippen molar-refractivity contribution in [2.45, 2.75) is 24.3 Å². The molecule has 0 fully saturated rings. The van der Waals surface area contributed by atoms with E-state index in [2.05, 4.69) is 25.6 Å². The number of hydrogen-bond acceptors (Lipinski definition) is 6. The van der Waals surface area contributed by atoms with Gasteiger partial charge >= 0.3 is 5.97 Å². The number of sulfonamides is 1. The van der Waals surface area contributed by atoms with Gasteiger partial charge in [0.1, 0.15) is 10.6 Å². The molecule has 0 aliphatic rings. The van der Waals surface area contributed by atoms with Crippen LogP contribution in [-0.2, 0) is 19.6 Å². The van der Waals surface area contributed by atoms with Crippen LogP contribution in [0.4, 0.5) is 0 Å². The van der Waals surface area contributed by atoms with Crippen molar-refractivity contribution in [2.75, 3.05) is 13.2 Å². The Labute approximate surface area is 126 Å². The summed E-state index contributed by atoms with van der Waals surface area (Å²) in [6, 6.07) is 1.65. The number of carbonyl (C=O) groups is 1. The molecule has 1 aromatic heterocycles. The van der Waals surface area contributed by atoms with Crippen LogP contribution in [0.2, 0.25) is 0 Å². The molecule has 20 heavy (non-hydrogen) atoms. The van der Waals surface area contributed by atoms with E-state index in [1.54, 1.807) is 0 Å². The van der Waals surface area contributed by atoms with Gasteiger partial charge in [-0.25, -0.2) is 18.1 Å². The summed E-state index contributed by atoms with van der Waals surface area (Å²) in [6.07, 6.45) is 2.03. The molecule has 0 amide bonds. The van der Waals surface area contributed by atoms with Crippen molar-refractivity contribution in [2.24, 2.45) is 5.73 Å². The van der Waals surface area contributed by atoms with Crippen molar-refractivity contribution in [3.8, 4) is 0 Å². The molecule has 0 bridgehead atoms. The van der Waals surface area contributed by atoms with Crippen molar-refractivity contribution < 1.29 is 17.9 Å². The van der Waals surface area contributed by atoms with Crippen molar-refractivity contribution in [1.29, 1.82) is 0 Å². The maximum Gasteiger partial charge on any atom is 0.324 e. The molecule has 1 rings (SSSR count). The van der Waals surface area contributed by atoms with Gasteiger partial charge < -0.3 is 10.5 Å². The molecule has 1 aromatic rings. The number of ether oxygens (including phenoxy) is 1. The molecule has 7 nitrogen and oxygen atoms in total. The molecule has 112 valence electrons. The molecule has 0 aliphatic heterocycles. The fourth-order valence-electron chi connectivity index (χ4n) is 1.23. The van der Waals surface area contributed by atoms with Gasteiger partial charge in [-0.05, 0) is 34.5 Å². The standard InChI is InChI=1S/C11H16BrN3O4S/c1-2-5-19-11(16)9(13)7-15-20(17,18)8-3-4-14-10(12)6-8/h3-4,6,9,15H,2,5,7,13H2,1H3. The fraction of sp³-hybridized carbons (Fsp3) is 0.455. The zero-order valence-electron chi connectivity index (χ0n) is 10.9. The van der Waals surface area contributed by atoms with E-state index in [4.69, 9.17) is 10.5 Å². The van der Waals surface area contributed by atoms with Crippen molar-refractivity contribution in [1.82, 2.24) is 9.71 Å². The first-order chi connectivity index (χ1) is 9.36. The lowest BCUT2D eigenvalue weighted by Gasteiger charge is -2.12. The van der Waals surface area contributed by atoms with Gasteiger partial charge in [0.2, 0.25) is 10.0 Å². The quantitative estimate of drug-likeness (QED) is 0.534. The summed E-state index contributed by atoms with van der Waals surface area (Å²) in [5.41, 5.74) is 5.55. The van der Waals surface area contributed by atoms with Crippen LogP contribution in [-0.4, -0.2) is 38.6 Å². The Kier molecular flexibility index (Phi) is 6.53. The number of nitrogens with two attached hydrogens (primary N) is 1. The lowest BCUT2D eigenvalue weighted by Crippen LogP contribution is -2.43. The Hall–Kier alpha value is -1.03. The molecule has 0 spiro atoms. The maximum absolute atomic E-state index is 12.0. The second-order valence-electron chi connectivity index (χ2n) is 3.94. The molecular weight excluding hydrogens is 350 g/mol. The predicted molar refractivity (Wildman–Crippen MR) is 76.4 cm³/mol. The van der Waals surface area contributed by atoms with E-state index in [-0.39, 0.29) is 18.0 Å². The average molecular weight is 366 g/mol. The normalized spacial score (nSPS) is 12.9. The number of pyridine rings is 1. The second-order valence-corrected chi connectivity index (χ2v) is 6.52. The fourth-order valence-corrected chi connectivity index (χ4v) is 2.82. The lowest BCUT2D eigenvalue weighted by molar-refractivity contribution is -0.145. The van der Waals surface area contributed by atoms with E-state index in [1.807, 2.05) is 6.92 Å². The van der Waals surface area contributed by atoms with Crippen molar-refractivity contribution >= 4 is 31.9 Å². The molecule has 0 aliphatic carbocycles. The molecular formula is C11H16BrN3O4S. The van der Waals surface area contributed by atoms with Crippen molar-refractivity contribution in [3.05, 3.63) is 22.9 Å². The molecule has 3 N–H and O–H groups in total. The highest BCUT2D eigenvalue weighted by Gasteiger charge is 2.20. The number of hydrogen-bond donors (Lipinski definition) is 2. The third kappa shape index (κ3) is 5.16. The molecule has 1 atom stereocenters. The highest BCUT2D eigenvalue weighted by atomic mass is 79.9. The van der Waals surface area contributed by atoms with Crippen LogP contribution in [0.1, 0.15) is 13.3 Å². The third-order valence-electron chi connectivity index (χ3n) is 2.25. The molecule has 1 heterocycles. The Bertz CT molecular complexity index is 565. The topological polar surface area (TPSA) is 111 Å². The first-order valence-corrected chi connectivity index (χ1v) is 8.18. The first-order valence-electron chi connectivity index (χ1n) is 5.90. The van der Waals surface area contributed by atoms with Crippen LogP contribution in [0.15, 0.2) is 27.8 Å². The molecule has 9 heteroatoms. The molecule has 0 aromatic carbocycles. The number of aromatic nitrogens is 1. The van der Waals surface area contributed by atoms with Crippen LogP contribution in [0.25, 0.3) is 0 Å². The van der Waals surface area contributed by atoms with Gasteiger partial charge in [-0.1, -0.05) is 6.92 Å². The van der Waals surface area contributed by atoms with Gasteiger partial charge in [-0.3, -0.25) is 4.79 Å². The average Bonchev–Trinajstić information content (AvgIpc) is 2.42. The Morgan fingerprint density at radius 1 is 1.60 bits per heavy atom. The van der Waals surface area contributed by atoms with Crippen LogP contribution in [0, 0.1) is 0 Å². The van der Waals surface area contributed by atoms with Crippen LogP contribution in [0.5, 0.6) is 0 Å². The molecule has 1 unspecified atom stereocenters. The smallest absolute Gasteiger partial charge is 0.324 e. The van der Waals surface area contributed by atoms with E-state index in [0.29, 0.717) is 11.0 Å². The van der Waals surface area contributed by atoms with E-state index in [0.717, 1.165) is 0 Å². The minimum atomic E-state index is -3.74. The summed E-state index contributed by atoms with van der Waals surface area (Å²) in [5, 5.41) is 0. The van der Waals surface area contributed by atoms with Gasteiger partial charge in [-0.2, -0.15) is 0 Å². The summed E-state index contributed by atoms with van der Waals surface area (Å²) in [4.78, 5) is 15.3. The number of carbonyl (C=O) groups excluding carboxylic acids is 1. The van der Waals surface area contributed by atoms with Gasteiger partial charge in [-0.15, -0.1) is 0 Å². The van der Waals surface area contributed by atoms with Crippen LogP contribution < -0.4 is 10.5 Å². The minimum Gasteiger partial charge on any atom is -0.465 e. The maximum atomic E-state index is 12.0. The summed E-state index contributed by atoms with van der Waals surface area (Å²) in [5.74, 6) is -0.634. The monoisotopic (exact) mass is 365 g/mol. The van der Waals surface area contributed by atoms with Crippen molar-refractivity contribution in [3.63, 3.8) is 0 Å². The van der Waals surface area contributed by atoms with E-state index in [1.165, 1.54) is 18.3 Å². The second kappa shape index (κ2) is 7.67. The van der Waals surface area contributed by atoms with Gasteiger partial charge in [0.05, 0.1) is 11.5 Å². The number of halogens is 1. The molecule has 0 radical (unpaired) electrons. The summed E-state index contributed by atoms with van der Waals surface area (Å²) in [7, 11) is -3.74.